The van der Waals surface area contributed by atoms with Crippen LogP contribution in [0.4, 0.5) is 5.69 Å². The standard InChI is InChI=1S/C20H19ClN4O4S/c1-28-16-8-6-15(7-9-16)25(11-10-17(22)26)18(27)12-30-20-24-23-19(29-20)13-2-4-14(21)5-3-13/h2-9H,10-12H2,1H3,(H2,22,26). The van der Waals surface area contributed by atoms with Gasteiger partial charge in [0.2, 0.25) is 17.7 Å². The molecular formula is C20H19ClN4O4S. The second-order valence-electron chi connectivity index (χ2n) is 6.13. The Morgan fingerprint density at radius 2 is 1.83 bits per heavy atom. The first-order valence-electron chi connectivity index (χ1n) is 8.91. The van der Waals surface area contributed by atoms with Crippen molar-refractivity contribution in [3.63, 3.8) is 0 Å². The Kier molecular flexibility index (Phi) is 7.31. The predicted octanol–water partition coefficient (Wildman–Crippen LogP) is 3.40. The highest BCUT2D eigenvalue weighted by molar-refractivity contribution is 7.99. The van der Waals surface area contributed by atoms with Gasteiger partial charge in [-0.1, -0.05) is 23.4 Å². The summed E-state index contributed by atoms with van der Waals surface area (Å²) in [5, 5.41) is 8.83. The summed E-state index contributed by atoms with van der Waals surface area (Å²) in [4.78, 5) is 25.5. The third-order valence-electron chi connectivity index (χ3n) is 4.08. The second kappa shape index (κ2) is 10.1. The zero-order valence-corrected chi connectivity index (χ0v) is 17.7. The summed E-state index contributed by atoms with van der Waals surface area (Å²) in [6, 6.07) is 14.0. The Bertz CT molecular complexity index is 1010. The second-order valence-corrected chi connectivity index (χ2v) is 7.49. The van der Waals surface area contributed by atoms with Gasteiger partial charge < -0.3 is 19.8 Å². The largest absolute Gasteiger partial charge is 0.497 e. The average molecular weight is 447 g/mol. The van der Waals surface area contributed by atoms with Crippen LogP contribution >= 0.6 is 23.4 Å². The molecule has 1 heterocycles. The number of carbonyl (C=O) groups excluding carboxylic acids is 2. The van der Waals surface area contributed by atoms with Gasteiger partial charge in [0.15, 0.2) is 0 Å². The molecule has 156 valence electrons. The van der Waals surface area contributed by atoms with Crippen LogP contribution in [0.1, 0.15) is 6.42 Å². The van der Waals surface area contributed by atoms with Crippen molar-refractivity contribution in [1.82, 2.24) is 10.2 Å². The van der Waals surface area contributed by atoms with Gasteiger partial charge in [-0.15, -0.1) is 10.2 Å². The minimum absolute atomic E-state index is 0.0453. The minimum atomic E-state index is -0.488. The van der Waals surface area contributed by atoms with Crippen molar-refractivity contribution in [2.24, 2.45) is 5.73 Å². The molecule has 0 bridgehead atoms. The van der Waals surface area contributed by atoms with E-state index in [1.54, 1.807) is 55.6 Å². The Labute approximate surface area is 182 Å². The summed E-state index contributed by atoms with van der Waals surface area (Å²) in [6.45, 7) is 0.168. The molecule has 30 heavy (non-hydrogen) atoms. The van der Waals surface area contributed by atoms with Crippen LogP contribution in [0.15, 0.2) is 58.2 Å². The Balaban J connectivity index is 1.67. The monoisotopic (exact) mass is 446 g/mol. The molecule has 0 aliphatic heterocycles. The molecule has 0 radical (unpaired) electrons. The lowest BCUT2D eigenvalue weighted by molar-refractivity contribution is -0.118. The number of nitrogens with zero attached hydrogens (tertiary/aromatic N) is 3. The van der Waals surface area contributed by atoms with Crippen molar-refractivity contribution in [2.45, 2.75) is 11.6 Å². The fraction of sp³-hybridized carbons (Fsp3) is 0.200. The number of hydrogen-bond acceptors (Lipinski definition) is 7. The summed E-state index contributed by atoms with van der Waals surface area (Å²) in [5.74, 6) is 0.335. The molecule has 8 nitrogen and oxygen atoms in total. The molecule has 0 aliphatic carbocycles. The van der Waals surface area contributed by atoms with Gasteiger partial charge >= 0.3 is 0 Å². The molecule has 0 saturated carbocycles. The van der Waals surface area contributed by atoms with E-state index in [1.165, 1.54) is 4.90 Å². The van der Waals surface area contributed by atoms with E-state index < -0.39 is 5.91 Å². The molecular weight excluding hydrogens is 428 g/mol. The number of hydrogen-bond donors (Lipinski definition) is 1. The number of carbonyl (C=O) groups is 2. The van der Waals surface area contributed by atoms with Crippen molar-refractivity contribution in [3.05, 3.63) is 53.6 Å². The van der Waals surface area contributed by atoms with E-state index >= 15 is 0 Å². The van der Waals surface area contributed by atoms with Crippen molar-refractivity contribution in [1.29, 1.82) is 0 Å². The maximum Gasteiger partial charge on any atom is 0.277 e. The Morgan fingerprint density at radius 1 is 1.13 bits per heavy atom. The number of halogens is 1. The molecule has 2 aromatic carbocycles. The molecule has 10 heteroatoms. The van der Waals surface area contributed by atoms with Crippen LogP contribution in [0.3, 0.4) is 0 Å². The van der Waals surface area contributed by atoms with E-state index in [-0.39, 0.29) is 29.8 Å². The summed E-state index contributed by atoms with van der Waals surface area (Å²) in [7, 11) is 1.56. The number of methoxy groups -OCH3 is 1. The van der Waals surface area contributed by atoms with Crippen molar-refractivity contribution in [3.8, 4) is 17.2 Å². The number of ether oxygens (including phenoxy) is 1. The number of anilines is 1. The van der Waals surface area contributed by atoms with E-state index in [4.69, 9.17) is 26.5 Å². The lowest BCUT2D eigenvalue weighted by Gasteiger charge is -2.22. The van der Waals surface area contributed by atoms with E-state index in [1.807, 2.05) is 0 Å². The molecule has 0 fully saturated rings. The molecule has 0 atom stereocenters. The SMILES string of the molecule is COc1ccc(N(CCC(N)=O)C(=O)CSc2nnc(-c3ccc(Cl)cc3)o2)cc1. The van der Waals surface area contributed by atoms with Crippen LogP contribution in [-0.2, 0) is 9.59 Å². The number of amides is 2. The lowest BCUT2D eigenvalue weighted by Crippen LogP contribution is -2.35. The van der Waals surface area contributed by atoms with E-state index in [0.29, 0.717) is 22.4 Å². The van der Waals surface area contributed by atoms with Gasteiger partial charge in [-0.25, -0.2) is 0 Å². The number of thioether (sulfide) groups is 1. The molecule has 0 unspecified atom stereocenters. The fourth-order valence-electron chi connectivity index (χ4n) is 2.56. The van der Waals surface area contributed by atoms with Gasteiger partial charge in [0, 0.05) is 29.2 Å². The maximum absolute atomic E-state index is 12.8. The van der Waals surface area contributed by atoms with E-state index in [2.05, 4.69) is 10.2 Å². The van der Waals surface area contributed by atoms with E-state index in [0.717, 1.165) is 17.3 Å². The summed E-state index contributed by atoms with van der Waals surface area (Å²) < 4.78 is 10.8. The zero-order chi connectivity index (χ0) is 21.5. The molecule has 0 aliphatic rings. The number of primary amides is 1. The molecule has 3 rings (SSSR count). The van der Waals surface area contributed by atoms with Gasteiger partial charge in [-0.05, 0) is 48.5 Å². The summed E-state index contributed by atoms with van der Waals surface area (Å²) >= 11 is 7.00. The molecule has 0 saturated heterocycles. The normalized spacial score (nSPS) is 10.6. The minimum Gasteiger partial charge on any atom is -0.497 e. The highest BCUT2D eigenvalue weighted by Crippen LogP contribution is 2.26. The molecule has 1 aromatic heterocycles. The van der Waals surface area contributed by atoms with Crippen LogP contribution in [0.2, 0.25) is 5.02 Å². The van der Waals surface area contributed by atoms with Crippen LogP contribution in [0.5, 0.6) is 5.75 Å². The molecule has 2 amide bonds. The summed E-state index contributed by atoms with van der Waals surface area (Å²) in [6.07, 6.45) is 0.0453. The van der Waals surface area contributed by atoms with Crippen molar-refractivity contribution >= 4 is 40.9 Å². The third-order valence-corrected chi connectivity index (χ3v) is 5.14. The van der Waals surface area contributed by atoms with Crippen LogP contribution in [-0.4, -0.2) is 41.4 Å². The van der Waals surface area contributed by atoms with Crippen LogP contribution in [0.25, 0.3) is 11.5 Å². The Hall–Kier alpha value is -3.04. The third kappa shape index (κ3) is 5.74. The van der Waals surface area contributed by atoms with E-state index in [9.17, 15) is 9.59 Å². The predicted molar refractivity (Wildman–Crippen MR) is 115 cm³/mol. The van der Waals surface area contributed by atoms with Crippen LogP contribution < -0.4 is 15.4 Å². The number of aromatic nitrogens is 2. The van der Waals surface area contributed by atoms with Gasteiger partial charge in [0.25, 0.3) is 5.22 Å². The first-order chi connectivity index (χ1) is 14.5. The topological polar surface area (TPSA) is 112 Å². The Morgan fingerprint density at radius 3 is 2.47 bits per heavy atom. The first-order valence-corrected chi connectivity index (χ1v) is 10.3. The highest BCUT2D eigenvalue weighted by Gasteiger charge is 2.19. The van der Waals surface area contributed by atoms with Crippen molar-refractivity contribution < 1.29 is 18.7 Å². The fourth-order valence-corrected chi connectivity index (χ4v) is 3.33. The molecule has 2 N–H and O–H groups in total. The van der Waals surface area contributed by atoms with Gasteiger partial charge in [-0.2, -0.15) is 0 Å². The quantitative estimate of drug-likeness (QED) is 0.501. The highest BCUT2D eigenvalue weighted by atomic mass is 35.5. The van der Waals surface area contributed by atoms with Gasteiger partial charge in [-0.3, -0.25) is 9.59 Å². The molecule has 3 aromatic rings. The smallest absolute Gasteiger partial charge is 0.277 e. The average Bonchev–Trinajstić information content (AvgIpc) is 3.22. The number of nitrogens with two attached hydrogens (primary N) is 1. The van der Waals surface area contributed by atoms with Crippen molar-refractivity contribution in [2.75, 3.05) is 24.3 Å². The summed E-state index contributed by atoms with van der Waals surface area (Å²) in [5.41, 5.74) is 6.62. The zero-order valence-electron chi connectivity index (χ0n) is 16.1. The maximum atomic E-state index is 12.8. The van der Waals surface area contributed by atoms with Gasteiger partial charge in [0.1, 0.15) is 5.75 Å². The van der Waals surface area contributed by atoms with Gasteiger partial charge in [0.05, 0.1) is 12.9 Å². The van der Waals surface area contributed by atoms with Crippen LogP contribution in [0, 0.1) is 0 Å². The molecule has 0 spiro atoms. The number of benzene rings is 2. The first kappa shape index (κ1) is 21.7. The lowest BCUT2D eigenvalue weighted by atomic mass is 10.2. The number of rotatable bonds is 9.